The van der Waals surface area contributed by atoms with Crippen LogP contribution >= 0.6 is 0 Å². The molecule has 0 saturated carbocycles. The molecule has 0 radical (unpaired) electrons. The SMILES string of the molecule is O=C(c1ccncc1)N1CCc2c(COCc3ccncc3)cncc2C1. The van der Waals surface area contributed by atoms with E-state index in [0.29, 0.717) is 31.9 Å². The average Bonchev–Trinajstić information content (AvgIpc) is 2.74. The molecule has 1 amide bonds. The summed E-state index contributed by atoms with van der Waals surface area (Å²) >= 11 is 0. The van der Waals surface area contributed by atoms with E-state index < -0.39 is 0 Å². The van der Waals surface area contributed by atoms with Crippen molar-refractivity contribution in [2.24, 2.45) is 0 Å². The first kappa shape index (κ1) is 17.3. The van der Waals surface area contributed by atoms with Crippen LogP contribution in [0, 0.1) is 0 Å². The number of hydrogen-bond donors (Lipinski definition) is 0. The summed E-state index contributed by atoms with van der Waals surface area (Å²) in [7, 11) is 0. The maximum absolute atomic E-state index is 12.7. The van der Waals surface area contributed by atoms with Crippen molar-refractivity contribution in [2.75, 3.05) is 6.54 Å². The Bertz CT molecular complexity index is 916. The van der Waals surface area contributed by atoms with Crippen molar-refractivity contribution in [1.29, 1.82) is 0 Å². The lowest BCUT2D eigenvalue weighted by atomic mass is 9.97. The molecule has 136 valence electrons. The Balaban J connectivity index is 1.43. The molecule has 3 aromatic rings. The second kappa shape index (κ2) is 8.05. The summed E-state index contributed by atoms with van der Waals surface area (Å²) in [4.78, 5) is 26.9. The van der Waals surface area contributed by atoms with E-state index in [2.05, 4.69) is 15.0 Å². The van der Waals surface area contributed by atoms with Crippen LogP contribution in [0.3, 0.4) is 0 Å². The minimum absolute atomic E-state index is 0.0300. The third-order valence-electron chi connectivity index (χ3n) is 4.72. The van der Waals surface area contributed by atoms with Crippen molar-refractivity contribution in [3.8, 4) is 0 Å². The van der Waals surface area contributed by atoms with Gasteiger partial charge in [-0.05, 0) is 52.9 Å². The van der Waals surface area contributed by atoms with Gasteiger partial charge < -0.3 is 9.64 Å². The van der Waals surface area contributed by atoms with Crippen LogP contribution in [0.5, 0.6) is 0 Å². The first-order chi connectivity index (χ1) is 13.3. The Labute approximate surface area is 157 Å². The van der Waals surface area contributed by atoms with Gasteiger partial charge in [0.05, 0.1) is 13.2 Å². The molecule has 0 fully saturated rings. The second-order valence-corrected chi connectivity index (χ2v) is 6.50. The minimum Gasteiger partial charge on any atom is -0.372 e. The van der Waals surface area contributed by atoms with E-state index in [1.807, 2.05) is 29.4 Å². The highest BCUT2D eigenvalue weighted by molar-refractivity contribution is 5.94. The van der Waals surface area contributed by atoms with Crippen LogP contribution in [0.1, 0.15) is 32.6 Å². The van der Waals surface area contributed by atoms with E-state index >= 15 is 0 Å². The van der Waals surface area contributed by atoms with Crippen molar-refractivity contribution < 1.29 is 9.53 Å². The van der Waals surface area contributed by atoms with Gasteiger partial charge in [0.25, 0.3) is 5.91 Å². The summed E-state index contributed by atoms with van der Waals surface area (Å²) in [5, 5.41) is 0. The van der Waals surface area contributed by atoms with E-state index in [9.17, 15) is 4.79 Å². The maximum atomic E-state index is 12.7. The van der Waals surface area contributed by atoms with Crippen LogP contribution in [-0.4, -0.2) is 32.3 Å². The number of ether oxygens (including phenoxy) is 1. The van der Waals surface area contributed by atoms with Crippen LogP contribution in [0.4, 0.5) is 0 Å². The molecule has 4 heterocycles. The molecule has 6 nitrogen and oxygen atoms in total. The van der Waals surface area contributed by atoms with E-state index in [1.54, 1.807) is 36.9 Å². The summed E-state index contributed by atoms with van der Waals surface area (Å²) in [6.07, 6.45) is 11.3. The fourth-order valence-electron chi connectivity index (χ4n) is 3.30. The van der Waals surface area contributed by atoms with Gasteiger partial charge in [-0.3, -0.25) is 19.7 Å². The summed E-state index contributed by atoms with van der Waals surface area (Å²) < 4.78 is 5.86. The fourth-order valence-corrected chi connectivity index (χ4v) is 3.30. The first-order valence-electron chi connectivity index (χ1n) is 8.92. The Morgan fingerprint density at radius 2 is 1.70 bits per heavy atom. The summed E-state index contributed by atoms with van der Waals surface area (Å²) in [5.41, 5.74) is 5.19. The Kier molecular flexibility index (Phi) is 5.16. The molecule has 0 aromatic carbocycles. The van der Waals surface area contributed by atoms with E-state index in [1.165, 1.54) is 5.56 Å². The Morgan fingerprint density at radius 3 is 2.48 bits per heavy atom. The number of rotatable bonds is 5. The van der Waals surface area contributed by atoms with Crippen molar-refractivity contribution in [3.63, 3.8) is 0 Å². The maximum Gasteiger partial charge on any atom is 0.254 e. The highest BCUT2D eigenvalue weighted by atomic mass is 16.5. The standard InChI is InChI=1S/C21H20N4O2/c26-21(17-3-8-23-9-4-17)25-10-5-20-18(13-25)11-24-12-19(20)15-27-14-16-1-6-22-7-2-16/h1-4,6-9,11-12H,5,10,13-15H2. The number of carbonyl (C=O) groups is 1. The number of fused-ring (bicyclic) bond motifs is 1. The van der Waals surface area contributed by atoms with Gasteiger partial charge in [0, 0.05) is 55.8 Å². The summed E-state index contributed by atoms with van der Waals surface area (Å²) in [5.74, 6) is 0.0300. The fraction of sp³-hybridized carbons (Fsp3) is 0.238. The van der Waals surface area contributed by atoms with Gasteiger partial charge in [-0.1, -0.05) is 0 Å². The number of aromatic nitrogens is 3. The van der Waals surface area contributed by atoms with E-state index in [0.717, 1.165) is 23.1 Å². The third-order valence-corrected chi connectivity index (χ3v) is 4.72. The monoisotopic (exact) mass is 360 g/mol. The highest BCUT2D eigenvalue weighted by Crippen LogP contribution is 2.23. The lowest BCUT2D eigenvalue weighted by molar-refractivity contribution is 0.0731. The van der Waals surface area contributed by atoms with Crippen molar-refractivity contribution in [3.05, 3.63) is 89.3 Å². The first-order valence-corrected chi connectivity index (χ1v) is 8.92. The number of amides is 1. The number of hydrogen-bond acceptors (Lipinski definition) is 5. The highest BCUT2D eigenvalue weighted by Gasteiger charge is 2.23. The Morgan fingerprint density at radius 1 is 0.963 bits per heavy atom. The smallest absolute Gasteiger partial charge is 0.254 e. The zero-order valence-corrected chi connectivity index (χ0v) is 14.9. The van der Waals surface area contributed by atoms with Crippen LogP contribution in [0.25, 0.3) is 0 Å². The molecule has 4 rings (SSSR count). The second-order valence-electron chi connectivity index (χ2n) is 6.50. The van der Waals surface area contributed by atoms with Crippen molar-refractivity contribution >= 4 is 5.91 Å². The molecule has 0 saturated heterocycles. The molecule has 0 aliphatic carbocycles. The summed E-state index contributed by atoms with van der Waals surface area (Å²) in [6.45, 7) is 2.31. The molecule has 0 spiro atoms. The number of pyridine rings is 3. The predicted molar refractivity (Wildman–Crippen MR) is 99.6 cm³/mol. The van der Waals surface area contributed by atoms with Gasteiger partial charge in [0.2, 0.25) is 0 Å². The average molecular weight is 360 g/mol. The van der Waals surface area contributed by atoms with E-state index in [4.69, 9.17) is 4.74 Å². The molecule has 6 heteroatoms. The zero-order valence-electron chi connectivity index (χ0n) is 14.9. The van der Waals surface area contributed by atoms with Gasteiger partial charge in [-0.2, -0.15) is 0 Å². The van der Waals surface area contributed by atoms with Gasteiger partial charge >= 0.3 is 0 Å². The molecule has 3 aromatic heterocycles. The number of carbonyl (C=O) groups excluding carboxylic acids is 1. The van der Waals surface area contributed by atoms with Crippen LogP contribution in [-0.2, 0) is 30.9 Å². The molecular formula is C21H20N4O2. The van der Waals surface area contributed by atoms with Gasteiger partial charge in [0.15, 0.2) is 0 Å². The van der Waals surface area contributed by atoms with Crippen LogP contribution in [0.15, 0.2) is 61.4 Å². The number of nitrogens with zero attached hydrogens (tertiary/aromatic N) is 4. The summed E-state index contributed by atoms with van der Waals surface area (Å²) in [6, 6.07) is 7.39. The van der Waals surface area contributed by atoms with Gasteiger partial charge in [-0.15, -0.1) is 0 Å². The molecule has 27 heavy (non-hydrogen) atoms. The molecule has 0 atom stereocenters. The minimum atomic E-state index is 0.0300. The van der Waals surface area contributed by atoms with Crippen LogP contribution in [0.2, 0.25) is 0 Å². The Hall–Kier alpha value is -3.12. The van der Waals surface area contributed by atoms with Gasteiger partial charge in [-0.25, -0.2) is 0 Å². The van der Waals surface area contributed by atoms with Crippen molar-refractivity contribution in [1.82, 2.24) is 19.9 Å². The molecule has 0 N–H and O–H groups in total. The molecule has 1 aliphatic rings. The molecule has 0 bridgehead atoms. The van der Waals surface area contributed by atoms with E-state index in [-0.39, 0.29) is 5.91 Å². The topological polar surface area (TPSA) is 68.2 Å². The predicted octanol–water partition coefficient (Wildman–Crippen LogP) is 2.79. The molecule has 1 aliphatic heterocycles. The van der Waals surface area contributed by atoms with Crippen molar-refractivity contribution in [2.45, 2.75) is 26.2 Å². The quantitative estimate of drug-likeness (QED) is 0.700. The molecule has 0 unspecified atom stereocenters. The largest absolute Gasteiger partial charge is 0.372 e. The zero-order chi connectivity index (χ0) is 18.5. The normalized spacial score (nSPS) is 13.3. The molecular weight excluding hydrogens is 340 g/mol. The lowest BCUT2D eigenvalue weighted by Gasteiger charge is -2.30. The van der Waals surface area contributed by atoms with Crippen LogP contribution < -0.4 is 0 Å². The lowest BCUT2D eigenvalue weighted by Crippen LogP contribution is -2.36. The van der Waals surface area contributed by atoms with Gasteiger partial charge in [0.1, 0.15) is 0 Å². The third kappa shape index (κ3) is 4.01.